The van der Waals surface area contributed by atoms with Crippen molar-refractivity contribution in [2.75, 3.05) is 5.88 Å². The smallest absolute Gasteiger partial charge is 0.207 e. The molecule has 8 heteroatoms. The summed E-state index contributed by atoms with van der Waals surface area (Å²) in [6.07, 6.45) is 0. The summed E-state index contributed by atoms with van der Waals surface area (Å²) in [6.45, 7) is 3.44. The Kier molecular flexibility index (Phi) is 3.59. The van der Waals surface area contributed by atoms with Crippen molar-refractivity contribution in [3.8, 4) is 0 Å². The van der Waals surface area contributed by atoms with Crippen LogP contribution in [0.5, 0.6) is 0 Å². The minimum absolute atomic E-state index is 0.131. The summed E-state index contributed by atoms with van der Waals surface area (Å²) < 4.78 is 35.2. The van der Waals surface area contributed by atoms with E-state index in [0.29, 0.717) is 11.0 Å². The van der Waals surface area contributed by atoms with Crippen molar-refractivity contribution in [2.24, 2.45) is 0 Å². The molecule has 0 fully saturated rings. The van der Waals surface area contributed by atoms with Crippen LogP contribution in [0, 0.1) is 0 Å². The molecular formula is C10H12ClN3O2S2. The number of aromatic nitrogens is 2. The Morgan fingerprint density at radius 1 is 1.39 bits per heavy atom. The van der Waals surface area contributed by atoms with Gasteiger partial charge in [-0.2, -0.15) is 8.75 Å². The highest BCUT2D eigenvalue weighted by Crippen LogP contribution is 2.22. The second kappa shape index (κ2) is 4.73. The Hall–Kier alpha value is -0.760. The fourth-order valence-electron chi connectivity index (χ4n) is 1.44. The monoisotopic (exact) mass is 305 g/mol. The van der Waals surface area contributed by atoms with Gasteiger partial charge in [0.2, 0.25) is 10.0 Å². The molecule has 0 radical (unpaired) electrons. The number of fused-ring (bicyclic) bond motifs is 1. The van der Waals surface area contributed by atoms with E-state index in [1.807, 2.05) is 0 Å². The summed E-state index contributed by atoms with van der Waals surface area (Å²) in [5.74, 6) is 0.178. The maximum Gasteiger partial charge on any atom is 0.243 e. The van der Waals surface area contributed by atoms with Crippen molar-refractivity contribution in [1.82, 2.24) is 13.5 Å². The molecule has 0 saturated heterocycles. The van der Waals surface area contributed by atoms with Gasteiger partial charge in [0.25, 0.3) is 0 Å². The van der Waals surface area contributed by atoms with E-state index in [2.05, 4.69) is 13.5 Å². The number of sulfonamides is 1. The number of halogens is 1. The second-order valence-corrected chi connectivity index (χ2v) is 6.96. The Bertz CT molecular complexity index is 667. The molecule has 0 unspecified atom stereocenters. The Balaban J connectivity index is 2.51. The predicted octanol–water partition coefficient (Wildman–Crippen LogP) is 1.99. The normalized spacial score (nSPS) is 13.1. The van der Waals surface area contributed by atoms with E-state index in [4.69, 9.17) is 11.6 Å². The fraction of sp³-hybridized carbons (Fsp3) is 0.400. The first-order valence-electron chi connectivity index (χ1n) is 5.17. The first-order valence-corrected chi connectivity index (χ1v) is 7.92. The van der Waals surface area contributed by atoms with Crippen molar-refractivity contribution >= 4 is 44.4 Å². The molecule has 0 aliphatic rings. The molecule has 0 saturated carbocycles. The molecule has 1 aromatic heterocycles. The summed E-state index contributed by atoms with van der Waals surface area (Å²) in [5.41, 5.74) is 0.248. The van der Waals surface area contributed by atoms with Crippen LogP contribution in [-0.4, -0.2) is 28.6 Å². The summed E-state index contributed by atoms with van der Waals surface area (Å²) in [7, 11) is -3.66. The van der Waals surface area contributed by atoms with E-state index in [1.54, 1.807) is 26.0 Å². The Labute approximate surface area is 115 Å². The van der Waals surface area contributed by atoms with E-state index < -0.39 is 15.6 Å². The van der Waals surface area contributed by atoms with E-state index in [9.17, 15) is 8.42 Å². The third-order valence-corrected chi connectivity index (χ3v) is 5.22. The van der Waals surface area contributed by atoms with Gasteiger partial charge in [-0.1, -0.05) is 6.07 Å². The van der Waals surface area contributed by atoms with E-state index in [0.717, 1.165) is 11.7 Å². The molecule has 2 rings (SSSR count). The van der Waals surface area contributed by atoms with E-state index >= 15 is 0 Å². The summed E-state index contributed by atoms with van der Waals surface area (Å²) in [5, 5.41) is 0. The van der Waals surface area contributed by atoms with E-state index in [1.165, 1.54) is 6.07 Å². The molecule has 1 N–H and O–H groups in total. The van der Waals surface area contributed by atoms with Crippen molar-refractivity contribution in [1.29, 1.82) is 0 Å². The summed E-state index contributed by atoms with van der Waals surface area (Å²) in [4.78, 5) is 0.131. The molecule has 0 atom stereocenters. The molecule has 0 spiro atoms. The number of nitrogens with zero attached hydrogens (tertiary/aromatic N) is 2. The molecule has 0 aliphatic carbocycles. The lowest BCUT2D eigenvalue weighted by Crippen LogP contribution is -2.44. The first kappa shape index (κ1) is 13.7. The lowest BCUT2D eigenvalue weighted by atomic mass is 10.1. The number of nitrogens with one attached hydrogen (secondary N) is 1. The molecule has 0 amide bonds. The van der Waals surface area contributed by atoms with Crippen molar-refractivity contribution in [2.45, 2.75) is 24.3 Å². The van der Waals surface area contributed by atoms with Gasteiger partial charge < -0.3 is 0 Å². The molecule has 98 valence electrons. The average molecular weight is 306 g/mol. The quantitative estimate of drug-likeness (QED) is 0.877. The van der Waals surface area contributed by atoms with Gasteiger partial charge in [-0.3, -0.25) is 0 Å². The zero-order valence-corrected chi connectivity index (χ0v) is 12.2. The fourth-order valence-corrected chi connectivity index (χ4v) is 3.77. The van der Waals surface area contributed by atoms with Crippen LogP contribution in [0.2, 0.25) is 0 Å². The van der Waals surface area contributed by atoms with Gasteiger partial charge in [-0.25, -0.2) is 13.1 Å². The predicted molar refractivity (Wildman–Crippen MR) is 72.5 cm³/mol. The SMILES string of the molecule is CC(C)(CCl)NS(=O)(=O)c1cccc2nsnc12. The van der Waals surface area contributed by atoms with Gasteiger partial charge in [-0.15, -0.1) is 11.6 Å². The average Bonchev–Trinajstić information content (AvgIpc) is 2.75. The van der Waals surface area contributed by atoms with Crippen molar-refractivity contribution < 1.29 is 8.42 Å². The molecule has 0 bridgehead atoms. The van der Waals surface area contributed by atoms with Gasteiger partial charge >= 0.3 is 0 Å². The zero-order chi connectivity index (χ0) is 13.4. The minimum atomic E-state index is -3.66. The minimum Gasteiger partial charge on any atom is -0.207 e. The number of hydrogen-bond acceptors (Lipinski definition) is 5. The van der Waals surface area contributed by atoms with Crippen LogP contribution in [0.25, 0.3) is 11.0 Å². The lowest BCUT2D eigenvalue weighted by Gasteiger charge is -2.22. The largest absolute Gasteiger partial charge is 0.243 e. The zero-order valence-electron chi connectivity index (χ0n) is 9.84. The lowest BCUT2D eigenvalue weighted by molar-refractivity contribution is 0.496. The first-order chi connectivity index (χ1) is 8.36. The van der Waals surface area contributed by atoms with E-state index in [-0.39, 0.29) is 10.8 Å². The third kappa shape index (κ3) is 2.64. The number of hydrogen-bond donors (Lipinski definition) is 1. The Morgan fingerprint density at radius 2 is 2.11 bits per heavy atom. The third-order valence-electron chi connectivity index (χ3n) is 2.28. The van der Waals surface area contributed by atoms with Gasteiger partial charge in [0.15, 0.2) is 0 Å². The van der Waals surface area contributed by atoms with Crippen LogP contribution in [-0.2, 0) is 10.0 Å². The van der Waals surface area contributed by atoms with Crippen LogP contribution < -0.4 is 4.72 Å². The topological polar surface area (TPSA) is 72.0 Å². The standard InChI is InChI=1S/C10H12ClN3O2S2/c1-10(2,6-11)14-18(15,16)8-5-3-4-7-9(8)13-17-12-7/h3-5,14H,6H2,1-2H3. The second-order valence-electron chi connectivity index (χ2n) is 4.51. The highest BCUT2D eigenvalue weighted by atomic mass is 35.5. The molecule has 1 heterocycles. The highest BCUT2D eigenvalue weighted by Gasteiger charge is 2.27. The van der Waals surface area contributed by atoms with Gasteiger partial charge in [-0.05, 0) is 26.0 Å². The maximum absolute atomic E-state index is 12.3. The molecule has 18 heavy (non-hydrogen) atoms. The number of benzene rings is 1. The van der Waals surface area contributed by atoms with Crippen LogP contribution in [0.4, 0.5) is 0 Å². The molecular weight excluding hydrogens is 294 g/mol. The van der Waals surface area contributed by atoms with Crippen LogP contribution in [0.1, 0.15) is 13.8 Å². The maximum atomic E-state index is 12.3. The number of alkyl halides is 1. The van der Waals surface area contributed by atoms with Crippen molar-refractivity contribution in [3.05, 3.63) is 18.2 Å². The van der Waals surface area contributed by atoms with Gasteiger partial charge in [0.05, 0.1) is 11.7 Å². The van der Waals surface area contributed by atoms with Crippen LogP contribution in [0.15, 0.2) is 23.1 Å². The summed E-state index contributed by atoms with van der Waals surface area (Å²) >= 11 is 6.72. The van der Waals surface area contributed by atoms with Gasteiger partial charge in [0, 0.05) is 11.4 Å². The molecule has 1 aromatic carbocycles. The number of rotatable bonds is 4. The molecule has 0 aliphatic heterocycles. The highest BCUT2D eigenvalue weighted by molar-refractivity contribution is 7.89. The Morgan fingerprint density at radius 3 is 2.78 bits per heavy atom. The van der Waals surface area contributed by atoms with Crippen molar-refractivity contribution in [3.63, 3.8) is 0 Å². The van der Waals surface area contributed by atoms with Gasteiger partial charge in [0.1, 0.15) is 15.9 Å². The van der Waals surface area contributed by atoms with Crippen LogP contribution in [0.3, 0.4) is 0 Å². The summed E-state index contributed by atoms with van der Waals surface area (Å²) in [6, 6.07) is 4.88. The van der Waals surface area contributed by atoms with Crippen LogP contribution >= 0.6 is 23.3 Å². The molecule has 2 aromatic rings. The molecule has 5 nitrogen and oxygen atoms in total.